The average molecular weight is 403 g/mol. The Morgan fingerprint density at radius 1 is 0.933 bits per heavy atom. The van der Waals surface area contributed by atoms with Gasteiger partial charge in [-0.3, -0.25) is 9.59 Å². The minimum absolute atomic E-state index is 0.0860. The highest BCUT2D eigenvalue weighted by Crippen LogP contribution is 2.27. The van der Waals surface area contributed by atoms with Gasteiger partial charge in [-0.1, -0.05) is 48.5 Å². The van der Waals surface area contributed by atoms with E-state index in [1.165, 1.54) is 0 Å². The van der Waals surface area contributed by atoms with Gasteiger partial charge in [-0.2, -0.15) is 0 Å². The topological polar surface area (TPSA) is 84.7 Å². The van der Waals surface area contributed by atoms with Crippen LogP contribution in [-0.2, 0) is 9.59 Å². The molecule has 0 saturated heterocycles. The SMILES string of the molecule is COc1ccc(N(CCC(N)=O)CC(=O)Nc2ccccc2-c2ccccc2)cc1. The molecule has 30 heavy (non-hydrogen) atoms. The first kappa shape index (κ1) is 20.9. The first-order valence-electron chi connectivity index (χ1n) is 9.68. The molecule has 154 valence electrons. The Morgan fingerprint density at radius 2 is 1.60 bits per heavy atom. The normalized spacial score (nSPS) is 10.3. The zero-order valence-corrected chi connectivity index (χ0v) is 16.9. The molecular formula is C24H25N3O3. The van der Waals surface area contributed by atoms with Crippen LogP contribution in [0.5, 0.6) is 5.75 Å². The van der Waals surface area contributed by atoms with Crippen LogP contribution in [0.2, 0.25) is 0 Å². The van der Waals surface area contributed by atoms with Crippen LogP contribution in [0, 0.1) is 0 Å². The van der Waals surface area contributed by atoms with Crippen molar-refractivity contribution in [1.29, 1.82) is 0 Å². The number of carbonyl (C=O) groups excluding carboxylic acids is 2. The maximum atomic E-state index is 12.9. The summed E-state index contributed by atoms with van der Waals surface area (Å²) in [6, 6.07) is 24.9. The minimum atomic E-state index is -0.414. The van der Waals surface area contributed by atoms with Gasteiger partial charge in [0.1, 0.15) is 5.75 Å². The van der Waals surface area contributed by atoms with Gasteiger partial charge < -0.3 is 20.7 Å². The standard InChI is InChI=1S/C24H25N3O3/c1-30-20-13-11-19(12-14-20)27(16-15-23(25)28)17-24(29)26-22-10-6-5-9-21(22)18-7-3-2-4-8-18/h2-14H,15-17H2,1H3,(H2,25,28)(H,26,29). The van der Waals surface area contributed by atoms with Crippen LogP contribution in [0.3, 0.4) is 0 Å². The number of para-hydroxylation sites is 1. The van der Waals surface area contributed by atoms with E-state index in [1.807, 2.05) is 83.8 Å². The second kappa shape index (κ2) is 10.1. The summed E-state index contributed by atoms with van der Waals surface area (Å²) in [7, 11) is 1.59. The highest BCUT2D eigenvalue weighted by atomic mass is 16.5. The molecule has 6 heteroatoms. The van der Waals surface area contributed by atoms with Crippen LogP contribution >= 0.6 is 0 Å². The van der Waals surface area contributed by atoms with Gasteiger partial charge in [0.05, 0.1) is 13.7 Å². The Bertz CT molecular complexity index is 988. The molecular weight excluding hydrogens is 378 g/mol. The van der Waals surface area contributed by atoms with Gasteiger partial charge in [0.25, 0.3) is 0 Å². The number of methoxy groups -OCH3 is 1. The van der Waals surface area contributed by atoms with E-state index >= 15 is 0 Å². The number of anilines is 2. The predicted octanol–water partition coefficient (Wildman–Crippen LogP) is 3.68. The van der Waals surface area contributed by atoms with Crippen LogP contribution in [0.1, 0.15) is 6.42 Å². The van der Waals surface area contributed by atoms with Gasteiger partial charge >= 0.3 is 0 Å². The van der Waals surface area contributed by atoms with E-state index in [0.29, 0.717) is 6.54 Å². The molecule has 0 bridgehead atoms. The second-order valence-electron chi connectivity index (χ2n) is 6.80. The van der Waals surface area contributed by atoms with Gasteiger partial charge in [-0.25, -0.2) is 0 Å². The number of carbonyl (C=O) groups is 2. The molecule has 3 N–H and O–H groups in total. The summed E-state index contributed by atoms with van der Waals surface area (Å²) in [5.74, 6) is 0.122. The molecule has 3 aromatic carbocycles. The van der Waals surface area contributed by atoms with Crippen molar-refractivity contribution in [3.63, 3.8) is 0 Å². The number of benzene rings is 3. The van der Waals surface area contributed by atoms with E-state index in [9.17, 15) is 9.59 Å². The Hall–Kier alpha value is -3.80. The lowest BCUT2D eigenvalue weighted by molar-refractivity contribution is -0.118. The quantitative estimate of drug-likeness (QED) is 0.571. The van der Waals surface area contributed by atoms with Gasteiger partial charge in [0.2, 0.25) is 11.8 Å². The molecule has 0 unspecified atom stereocenters. The molecule has 0 atom stereocenters. The average Bonchev–Trinajstić information content (AvgIpc) is 2.77. The molecule has 0 aliphatic carbocycles. The van der Waals surface area contributed by atoms with Gasteiger partial charge in [0.15, 0.2) is 0 Å². The van der Waals surface area contributed by atoms with E-state index in [0.717, 1.165) is 28.3 Å². The molecule has 0 radical (unpaired) electrons. The van der Waals surface area contributed by atoms with Crippen molar-refractivity contribution < 1.29 is 14.3 Å². The van der Waals surface area contributed by atoms with Crippen LogP contribution in [0.25, 0.3) is 11.1 Å². The zero-order valence-electron chi connectivity index (χ0n) is 16.9. The van der Waals surface area contributed by atoms with E-state index < -0.39 is 5.91 Å². The van der Waals surface area contributed by atoms with Crippen molar-refractivity contribution in [2.24, 2.45) is 5.73 Å². The van der Waals surface area contributed by atoms with E-state index in [2.05, 4.69) is 5.32 Å². The summed E-state index contributed by atoms with van der Waals surface area (Å²) >= 11 is 0. The third-order valence-corrected chi connectivity index (χ3v) is 4.69. The summed E-state index contributed by atoms with van der Waals surface area (Å²) in [6.07, 6.45) is 0.153. The first-order valence-corrected chi connectivity index (χ1v) is 9.68. The van der Waals surface area contributed by atoms with E-state index in [4.69, 9.17) is 10.5 Å². The Morgan fingerprint density at radius 3 is 2.27 bits per heavy atom. The van der Waals surface area contributed by atoms with Gasteiger partial charge in [-0.15, -0.1) is 0 Å². The van der Waals surface area contributed by atoms with Crippen molar-refractivity contribution in [2.45, 2.75) is 6.42 Å². The van der Waals surface area contributed by atoms with Crippen molar-refractivity contribution in [3.8, 4) is 16.9 Å². The molecule has 0 heterocycles. The Labute approximate surface area is 176 Å². The highest BCUT2D eigenvalue weighted by molar-refractivity contribution is 5.98. The van der Waals surface area contributed by atoms with Crippen molar-refractivity contribution >= 4 is 23.2 Å². The zero-order chi connectivity index (χ0) is 21.3. The predicted molar refractivity (Wildman–Crippen MR) is 120 cm³/mol. The van der Waals surface area contributed by atoms with Crippen LogP contribution in [0.15, 0.2) is 78.9 Å². The maximum Gasteiger partial charge on any atom is 0.243 e. The number of amides is 2. The molecule has 0 aliphatic heterocycles. The molecule has 0 fully saturated rings. The molecule has 2 amide bonds. The summed E-state index contributed by atoms with van der Waals surface area (Å²) in [5, 5.41) is 3.00. The minimum Gasteiger partial charge on any atom is -0.497 e. The molecule has 0 saturated carbocycles. The number of nitrogens with two attached hydrogens (primary N) is 1. The fourth-order valence-electron chi connectivity index (χ4n) is 3.16. The lowest BCUT2D eigenvalue weighted by Gasteiger charge is -2.24. The molecule has 0 spiro atoms. The number of nitrogens with one attached hydrogen (secondary N) is 1. The molecule has 3 aromatic rings. The number of hydrogen-bond acceptors (Lipinski definition) is 4. The van der Waals surface area contributed by atoms with Crippen LogP contribution < -0.4 is 20.7 Å². The maximum absolute atomic E-state index is 12.9. The lowest BCUT2D eigenvalue weighted by atomic mass is 10.0. The summed E-state index contributed by atoms with van der Waals surface area (Å²) in [6.45, 7) is 0.429. The van der Waals surface area contributed by atoms with Crippen molar-refractivity contribution in [2.75, 3.05) is 30.4 Å². The van der Waals surface area contributed by atoms with Crippen molar-refractivity contribution in [3.05, 3.63) is 78.9 Å². The lowest BCUT2D eigenvalue weighted by Crippen LogP contribution is -2.35. The summed E-state index contributed by atoms with van der Waals surface area (Å²) < 4.78 is 5.19. The Kier molecular flexibility index (Phi) is 7.05. The third-order valence-electron chi connectivity index (χ3n) is 4.69. The van der Waals surface area contributed by atoms with Crippen molar-refractivity contribution in [1.82, 2.24) is 0 Å². The molecule has 0 aliphatic rings. The molecule has 3 rings (SSSR count). The largest absolute Gasteiger partial charge is 0.497 e. The van der Waals surface area contributed by atoms with Gasteiger partial charge in [0, 0.05) is 29.9 Å². The number of nitrogens with zero attached hydrogens (tertiary/aromatic N) is 1. The monoisotopic (exact) mass is 403 g/mol. The number of ether oxygens (including phenoxy) is 1. The molecule has 0 aromatic heterocycles. The van der Waals surface area contributed by atoms with Crippen LogP contribution in [-0.4, -0.2) is 32.0 Å². The molecule has 6 nitrogen and oxygen atoms in total. The summed E-state index contributed by atoms with van der Waals surface area (Å²) in [5.41, 5.74) is 8.83. The highest BCUT2D eigenvalue weighted by Gasteiger charge is 2.15. The Balaban J connectivity index is 1.77. The third kappa shape index (κ3) is 5.61. The number of primary amides is 1. The summed E-state index contributed by atoms with van der Waals surface area (Å²) in [4.78, 5) is 26.0. The number of hydrogen-bond donors (Lipinski definition) is 2. The number of rotatable bonds is 9. The first-order chi connectivity index (χ1) is 14.6. The van der Waals surface area contributed by atoms with E-state index in [1.54, 1.807) is 7.11 Å². The second-order valence-corrected chi connectivity index (χ2v) is 6.80. The van der Waals surface area contributed by atoms with Gasteiger partial charge in [-0.05, 0) is 35.9 Å². The smallest absolute Gasteiger partial charge is 0.243 e. The van der Waals surface area contributed by atoms with E-state index in [-0.39, 0.29) is 18.9 Å². The fraction of sp³-hybridized carbons (Fsp3) is 0.167. The fourth-order valence-corrected chi connectivity index (χ4v) is 3.16. The van der Waals surface area contributed by atoms with Crippen LogP contribution in [0.4, 0.5) is 11.4 Å².